The van der Waals surface area contributed by atoms with Crippen molar-refractivity contribution in [1.82, 2.24) is 10.6 Å². The molecule has 0 aliphatic carbocycles. The number of amides is 1. The molecule has 0 bridgehead atoms. The summed E-state index contributed by atoms with van der Waals surface area (Å²) in [6, 6.07) is 5.66. The summed E-state index contributed by atoms with van der Waals surface area (Å²) >= 11 is 0. The molecule has 8 heteroatoms. The highest BCUT2D eigenvalue weighted by atomic mass is 19.1. The molecule has 1 amide bonds. The Balaban J connectivity index is 1.73. The van der Waals surface area contributed by atoms with Crippen LogP contribution in [0.15, 0.2) is 30.3 Å². The molecule has 2 aromatic rings. The van der Waals surface area contributed by atoms with Crippen molar-refractivity contribution in [3.05, 3.63) is 64.5 Å². The lowest BCUT2D eigenvalue weighted by Gasteiger charge is -2.31. The molecule has 0 saturated heterocycles. The Kier molecular flexibility index (Phi) is 7.79. The molecule has 0 fully saturated rings. The Morgan fingerprint density at radius 2 is 1.84 bits per heavy atom. The van der Waals surface area contributed by atoms with Crippen LogP contribution in [0.3, 0.4) is 0 Å². The number of hydrogen-bond acceptors (Lipinski definition) is 4. The van der Waals surface area contributed by atoms with E-state index in [9.17, 15) is 23.1 Å². The average molecular weight is 450 g/mol. The van der Waals surface area contributed by atoms with E-state index in [2.05, 4.69) is 16.0 Å². The average Bonchev–Trinajstić information content (AvgIpc) is 2.69. The first-order valence-electron chi connectivity index (χ1n) is 10.8. The molecular formula is C24H30F3N3O2. The second kappa shape index (κ2) is 10.4. The second-order valence-electron chi connectivity index (χ2n) is 8.65. The summed E-state index contributed by atoms with van der Waals surface area (Å²) in [6.07, 6.45) is -0.195. The van der Waals surface area contributed by atoms with Crippen LogP contribution < -0.4 is 16.0 Å². The van der Waals surface area contributed by atoms with E-state index in [-0.39, 0.29) is 36.6 Å². The number of aliphatic hydroxyl groups is 1. The molecule has 0 radical (unpaired) electrons. The van der Waals surface area contributed by atoms with Crippen LogP contribution in [0.4, 0.5) is 18.9 Å². The van der Waals surface area contributed by atoms with Gasteiger partial charge in [-0.1, -0.05) is 13.8 Å². The zero-order valence-electron chi connectivity index (χ0n) is 18.5. The van der Waals surface area contributed by atoms with Crippen LogP contribution in [0, 0.1) is 17.5 Å². The Bertz CT molecular complexity index is 947. The molecule has 3 atom stereocenters. The zero-order chi connectivity index (χ0) is 23.4. The predicted octanol–water partition coefficient (Wildman–Crippen LogP) is 3.78. The summed E-state index contributed by atoms with van der Waals surface area (Å²) in [6.45, 7) is 5.98. The molecule has 1 aliphatic heterocycles. The van der Waals surface area contributed by atoms with Crippen molar-refractivity contribution in [3.63, 3.8) is 0 Å². The van der Waals surface area contributed by atoms with Crippen LogP contribution in [0.5, 0.6) is 0 Å². The summed E-state index contributed by atoms with van der Waals surface area (Å²) in [5.41, 5.74) is 2.62. The van der Waals surface area contributed by atoms with Gasteiger partial charge < -0.3 is 21.1 Å². The molecule has 2 aromatic carbocycles. The maximum atomic E-state index is 14.4. The first-order valence-corrected chi connectivity index (χ1v) is 10.8. The van der Waals surface area contributed by atoms with Crippen LogP contribution in [-0.2, 0) is 11.2 Å². The van der Waals surface area contributed by atoms with Crippen molar-refractivity contribution in [2.24, 2.45) is 0 Å². The molecule has 174 valence electrons. The number of nitrogens with one attached hydrogen (secondary N) is 3. The molecule has 1 heterocycles. The van der Waals surface area contributed by atoms with Crippen LogP contribution in [0.25, 0.3) is 0 Å². The van der Waals surface area contributed by atoms with Gasteiger partial charge in [0.05, 0.1) is 12.1 Å². The number of anilines is 1. The quantitative estimate of drug-likeness (QED) is 0.495. The fourth-order valence-electron chi connectivity index (χ4n) is 4.14. The van der Waals surface area contributed by atoms with Crippen molar-refractivity contribution in [2.75, 3.05) is 18.4 Å². The smallest absolute Gasteiger partial charge is 0.217 e. The summed E-state index contributed by atoms with van der Waals surface area (Å²) in [4.78, 5) is 11.7. The number of rotatable bonds is 8. The van der Waals surface area contributed by atoms with E-state index in [4.69, 9.17) is 0 Å². The monoisotopic (exact) mass is 449 g/mol. The largest absolute Gasteiger partial charge is 0.390 e. The van der Waals surface area contributed by atoms with Gasteiger partial charge in [0.25, 0.3) is 0 Å². The molecule has 5 nitrogen and oxygen atoms in total. The molecule has 0 aromatic heterocycles. The molecule has 3 unspecified atom stereocenters. The third kappa shape index (κ3) is 6.01. The molecule has 32 heavy (non-hydrogen) atoms. The van der Waals surface area contributed by atoms with Gasteiger partial charge in [-0.3, -0.25) is 4.79 Å². The summed E-state index contributed by atoms with van der Waals surface area (Å²) in [5, 5.41) is 20.0. The number of carbonyl (C=O) groups excluding carboxylic acids is 1. The van der Waals surface area contributed by atoms with Crippen LogP contribution in [0.1, 0.15) is 55.8 Å². The standard InChI is InChI=1S/C24H30F3N3O2/c1-13(2)18-10-19-21(4-5-28-22(19)11-20(18)27)29-12-24(32)23(30-14(3)31)8-15-6-16(25)9-17(26)7-15/h6-7,9-11,13,21,23-24,28-29,32H,4-5,8,12H2,1-3H3,(H,30,31). The van der Waals surface area contributed by atoms with Gasteiger partial charge in [-0.2, -0.15) is 0 Å². The summed E-state index contributed by atoms with van der Waals surface area (Å²) in [7, 11) is 0. The van der Waals surface area contributed by atoms with Crippen LogP contribution >= 0.6 is 0 Å². The van der Waals surface area contributed by atoms with Gasteiger partial charge in [-0.15, -0.1) is 0 Å². The molecule has 4 N–H and O–H groups in total. The van der Waals surface area contributed by atoms with E-state index in [1.54, 1.807) is 0 Å². The van der Waals surface area contributed by atoms with Crippen LogP contribution in [-0.4, -0.2) is 36.2 Å². The molecule has 1 aliphatic rings. The first kappa shape index (κ1) is 24.1. The molecule has 0 saturated carbocycles. The van der Waals surface area contributed by atoms with Crippen molar-refractivity contribution >= 4 is 11.6 Å². The minimum Gasteiger partial charge on any atom is -0.390 e. The van der Waals surface area contributed by atoms with E-state index in [1.807, 2.05) is 19.9 Å². The number of aliphatic hydroxyl groups excluding tert-OH is 1. The lowest BCUT2D eigenvalue weighted by molar-refractivity contribution is -0.120. The summed E-state index contributed by atoms with van der Waals surface area (Å²) < 4.78 is 41.5. The van der Waals surface area contributed by atoms with Gasteiger partial charge in [0, 0.05) is 37.8 Å². The molecule has 0 spiro atoms. The van der Waals surface area contributed by atoms with E-state index in [1.165, 1.54) is 25.1 Å². The van der Waals surface area contributed by atoms with Crippen molar-refractivity contribution in [2.45, 2.75) is 57.7 Å². The van der Waals surface area contributed by atoms with Gasteiger partial charge in [0.1, 0.15) is 17.5 Å². The minimum absolute atomic E-state index is 0.0317. The topological polar surface area (TPSA) is 73.4 Å². The third-order valence-corrected chi connectivity index (χ3v) is 5.72. The summed E-state index contributed by atoms with van der Waals surface area (Å²) in [5.74, 6) is -2.00. The van der Waals surface area contributed by atoms with Crippen molar-refractivity contribution in [3.8, 4) is 0 Å². The number of halogens is 3. The number of fused-ring (bicyclic) bond motifs is 1. The lowest BCUT2D eigenvalue weighted by Crippen LogP contribution is -2.48. The van der Waals surface area contributed by atoms with E-state index >= 15 is 0 Å². The van der Waals surface area contributed by atoms with E-state index < -0.39 is 23.8 Å². The van der Waals surface area contributed by atoms with Crippen LogP contribution in [0.2, 0.25) is 0 Å². The second-order valence-corrected chi connectivity index (χ2v) is 8.65. The zero-order valence-corrected chi connectivity index (χ0v) is 18.5. The maximum absolute atomic E-state index is 14.4. The minimum atomic E-state index is -1.01. The lowest BCUT2D eigenvalue weighted by atomic mass is 9.91. The van der Waals surface area contributed by atoms with E-state index in [0.717, 1.165) is 23.7 Å². The third-order valence-electron chi connectivity index (χ3n) is 5.72. The normalized spacial score (nSPS) is 17.4. The highest BCUT2D eigenvalue weighted by Gasteiger charge is 2.26. The first-order chi connectivity index (χ1) is 15.1. The Morgan fingerprint density at radius 1 is 1.16 bits per heavy atom. The van der Waals surface area contributed by atoms with Gasteiger partial charge in [-0.05, 0) is 59.7 Å². The molecule has 3 rings (SSSR count). The molecular weight excluding hydrogens is 419 g/mol. The number of hydrogen-bond donors (Lipinski definition) is 4. The maximum Gasteiger partial charge on any atom is 0.217 e. The number of benzene rings is 2. The Hall–Kier alpha value is -2.58. The van der Waals surface area contributed by atoms with Gasteiger partial charge in [0.2, 0.25) is 5.91 Å². The highest BCUT2D eigenvalue weighted by Crippen LogP contribution is 2.34. The van der Waals surface area contributed by atoms with Gasteiger partial charge >= 0.3 is 0 Å². The van der Waals surface area contributed by atoms with Crippen molar-refractivity contribution in [1.29, 1.82) is 0 Å². The Morgan fingerprint density at radius 3 is 2.47 bits per heavy atom. The predicted molar refractivity (Wildman–Crippen MR) is 118 cm³/mol. The SMILES string of the molecule is CC(=O)NC(Cc1cc(F)cc(F)c1)C(O)CNC1CCNc2cc(F)c(C(C)C)cc21. The van der Waals surface area contributed by atoms with Gasteiger partial charge in [0.15, 0.2) is 0 Å². The number of carbonyl (C=O) groups is 1. The van der Waals surface area contributed by atoms with Gasteiger partial charge in [-0.25, -0.2) is 13.2 Å². The van der Waals surface area contributed by atoms with Crippen molar-refractivity contribution < 1.29 is 23.1 Å². The fraction of sp³-hybridized carbons (Fsp3) is 0.458. The highest BCUT2D eigenvalue weighted by molar-refractivity contribution is 5.73. The fourth-order valence-corrected chi connectivity index (χ4v) is 4.14. The van der Waals surface area contributed by atoms with E-state index in [0.29, 0.717) is 17.7 Å². The Labute approximate surface area is 186 Å².